The molecule has 0 spiro atoms. The Labute approximate surface area is 157 Å². The molecule has 0 aliphatic heterocycles. The summed E-state index contributed by atoms with van der Waals surface area (Å²) in [5, 5.41) is 12.3. The van der Waals surface area contributed by atoms with Crippen LogP contribution in [0, 0.1) is 11.8 Å². The van der Waals surface area contributed by atoms with E-state index in [4.69, 9.17) is 5.73 Å². The lowest BCUT2D eigenvalue weighted by Crippen LogP contribution is -2.53. The molecular weight excluding hydrogens is 326 g/mol. The van der Waals surface area contributed by atoms with Crippen molar-refractivity contribution in [1.29, 1.82) is 0 Å². The summed E-state index contributed by atoms with van der Waals surface area (Å²) < 4.78 is 0. The van der Waals surface area contributed by atoms with Gasteiger partial charge in [0.2, 0.25) is 0 Å². The summed E-state index contributed by atoms with van der Waals surface area (Å²) in [7, 11) is 0. The second kappa shape index (κ2) is 10.5. The lowest BCUT2D eigenvalue weighted by molar-refractivity contribution is -0.130. The predicted molar refractivity (Wildman–Crippen MR) is 107 cm³/mol. The molecule has 0 radical (unpaired) electrons. The molecule has 4 N–H and O–H groups in total. The molecule has 0 heterocycles. The molecule has 5 heteroatoms. The highest BCUT2D eigenvalue weighted by molar-refractivity contribution is 5.82. The van der Waals surface area contributed by atoms with Crippen molar-refractivity contribution in [2.45, 2.75) is 70.9 Å². The Balaban J connectivity index is 1.95. The molecule has 5 nitrogen and oxygen atoms in total. The molecular formula is C21H35N3O2. The summed E-state index contributed by atoms with van der Waals surface area (Å²) in [6, 6.07) is 9.22. The van der Waals surface area contributed by atoms with Crippen LogP contribution in [0.1, 0.15) is 58.8 Å². The lowest BCUT2D eigenvalue weighted by Gasteiger charge is -2.31. The van der Waals surface area contributed by atoms with Crippen LogP contribution in [0.5, 0.6) is 0 Å². The Kier molecular flexibility index (Phi) is 8.39. The van der Waals surface area contributed by atoms with Gasteiger partial charge < -0.3 is 10.8 Å². The molecule has 1 aromatic carbocycles. The standard InChI is InChI=1S/C21H35N3O2/c1-3-16(2)15-24(18-12-8-5-9-13-18)23-21(26)20(25)19(22)14-17-10-6-4-7-11-17/h5,8-9,12-13,16-17,19-20,25H,3-4,6-7,10-11,14-15,22H2,1-2H3,(H,23,26)/t16?,19-,20?/m1/s1. The third-order valence-electron chi connectivity index (χ3n) is 5.51. The maximum Gasteiger partial charge on any atom is 0.268 e. The number of para-hydroxylation sites is 1. The summed E-state index contributed by atoms with van der Waals surface area (Å²) in [6.07, 6.45) is 6.62. The minimum atomic E-state index is -1.18. The van der Waals surface area contributed by atoms with Gasteiger partial charge in [0, 0.05) is 12.6 Å². The van der Waals surface area contributed by atoms with Crippen molar-refractivity contribution in [2.24, 2.45) is 17.6 Å². The van der Waals surface area contributed by atoms with Crippen LogP contribution in [0.15, 0.2) is 30.3 Å². The van der Waals surface area contributed by atoms with E-state index in [2.05, 4.69) is 19.3 Å². The number of hydrogen-bond donors (Lipinski definition) is 3. The van der Waals surface area contributed by atoms with Crippen molar-refractivity contribution < 1.29 is 9.90 Å². The fourth-order valence-corrected chi connectivity index (χ4v) is 3.59. The number of carbonyl (C=O) groups excluding carboxylic acids is 1. The Morgan fingerprint density at radius 2 is 1.92 bits per heavy atom. The number of hydrogen-bond acceptors (Lipinski definition) is 4. The Hall–Kier alpha value is -1.59. The fraction of sp³-hybridized carbons (Fsp3) is 0.667. The summed E-state index contributed by atoms with van der Waals surface area (Å²) >= 11 is 0. The molecule has 2 unspecified atom stereocenters. The molecule has 2 rings (SSSR count). The van der Waals surface area contributed by atoms with Gasteiger partial charge in [0.05, 0.1) is 5.69 Å². The quantitative estimate of drug-likeness (QED) is 0.590. The summed E-state index contributed by atoms with van der Waals surface area (Å²) in [6.45, 7) is 4.97. The highest BCUT2D eigenvalue weighted by Crippen LogP contribution is 2.27. The van der Waals surface area contributed by atoms with Gasteiger partial charge >= 0.3 is 0 Å². The smallest absolute Gasteiger partial charge is 0.268 e. The maximum absolute atomic E-state index is 12.6. The fourth-order valence-electron chi connectivity index (χ4n) is 3.59. The topological polar surface area (TPSA) is 78.6 Å². The van der Waals surface area contributed by atoms with Gasteiger partial charge in [0.15, 0.2) is 0 Å². The van der Waals surface area contributed by atoms with Gasteiger partial charge in [0.25, 0.3) is 5.91 Å². The number of aliphatic hydroxyl groups excluding tert-OH is 1. The number of carbonyl (C=O) groups is 1. The summed E-state index contributed by atoms with van der Waals surface area (Å²) in [4.78, 5) is 12.6. The second-order valence-electron chi connectivity index (χ2n) is 7.78. The third-order valence-corrected chi connectivity index (χ3v) is 5.51. The van der Waals surface area contributed by atoms with Crippen molar-refractivity contribution in [2.75, 3.05) is 11.6 Å². The molecule has 0 bridgehead atoms. The first-order valence-electron chi connectivity index (χ1n) is 10.1. The van der Waals surface area contributed by atoms with E-state index in [0.29, 0.717) is 24.8 Å². The first-order chi connectivity index (χ1) is 12.5. The van der Waals surface area contributed by atoms with Crippen LogP contribution in [-0.2, 0) is 4.79 Å². The van der Waals surface area contributed by atoms with Crippen LogP contribution >= 0.6 is 0 Å². The molecule has 146 valence electrons. The van der Waals surface area contributed by atoms with E-state index < -0.39 is 18.1 Å². The van der Waals surface area contributed by atoms with E-state index in [1.807, 2.05) is 35.3 Å². The molecule has 0 saturated heterocycles. The molecule has 1 amide bonds. The first kappa shape index (κ1) is 20.7. The van der Waals surface area contributed by atoms with Crippen molar-refractivity contribution >= 4 is 11.6 Å². The predicted octanol–water partition coefficient (Wildman–Crippen LogP) is 3.23. The molecule has 1 fully saturated rings. The minimum Gasteiger partial charge on any atom is -0.382 e. The second-order valence-corrected chi connectivity index (χ2v) is 7.78. The Bertz CT molecular complexity index is 531. The van der Waals surface area contributed by atoms with Crippen molar-refractivity contribution in [3.63, 3.8) is 0 Å². The van der Waals surface area contributed by atoms with Gasteiger partial charge in [-0.25, -0.2) is 0 Å². The maximum atomic E-state index is 12.6. The van der Waals surface area contributed by atoms with Gasteiger partial charge in [-0.2, -0.15) is 0 Å². The van der Waals surface area contributed by atoms with Crippen LogP contribution in [0.3, 0.4) is 0 Å². The van der Waals surface area contributed by atoms with E-state index in [9.17, 15) is 9.90 Å². The van der Waals surface area contributed by atoms with Crippen LogP contribution in [0.2, 0.25) is 0 Å². The number of anilines is 1. The van der Waals surface area contributed by atoms with Gasteiger partial charge in [-0.1, -0.05) is 70.6 Å². The van der Waals surface area contributed by atoms with Crippen LogP contribution in [0.4, 0.5) is 5.69 Å². The number of rotatable bonds is 9. The monoisotopic (exact) mass is 361 g/mol. The first-order valence-corrected chi connectivity index (χ1v) is 10.1. The largest absolute Gasteiger partial charge is 0.382 e. The molecule has 1 aliphatic carbocycles. The van der Waals surface area contributed by atoms with Crippen molar-refractivity contribution in [3.05, 3.63) is 30.3 Å². The average Bonchev–Trinajstić information content (AvgIpc) is 2.68. The van der Waals surface area contributed by atoms with E-state index >= 15 is 0 Å². The van der Waals surface area contributed by atoms with Gasteiger partial charge in [-0.3, -0.25) is 15.2 Å². The Morgan fingerprint density at radius 3 is 2.54 bits per heavy atom. The number of benzene rings is 1. The van der Waals surface area contributed by atoms with Crippen LogP contribution in [0.25, 0.3) is 0 Å². The minimum absolute atomic E-state index is 0.416. The number of aliphatic hydroxyl groups is 1. The van der Waals surface area contributed by atoms with E-state index in [0.717, 1.165) is 24.9 Å². The molecule has 1 aromatic rings. The molecule has 0 aromatic heterocycles. The van der Waals surface area contributed by atoms with Gasteiger partial charge in [-0.05, 0) is 30.4 Å². The summed E-state index contributed by atoms with van der Waals surface area (Å²) in [5.74, 6) is 0.538. The number of amides is 1. The normalized spacial score (nSPS) is 18.8. The number of nitrogens with two attached hydrogens (primary N) is 1. The zero-order valence-corrected chi connectivity index (χ0v) is 16.2. The van der Waals surface area contributed by atoms with Gasteiger partial charge in [0.1, 0.15) is 6.10 Å². The highest BCUT2D eigenvalue weighted by Gasteiger charge is 2.28. The Morgan fingerprint density at radius 1 is 1.27 bits per heavy atom. The molecule has 1 saturated carbocycles. The zero-order valence-electron chi connectivity index (χ0n) is 16.2. The van der Waals surface area contributed by atoms with E-state index in [1.54, 1.807) is 0 Å². The van der Waals surface area contributed by atoms with Gasteiger partial charge in [-0.15, -0.1) is 0 Å². The molecule has 26 heavy (non-hydrogen) atoms. The molecule has 1 aliphatic rings. The number of hydrazine groups is 1. The van der Waals surface area contributed by atoms with E-state index in [-0.39, 0.29) is 0 Å². The number of nitrogens with zero attached hydrogens (tertiary/aromatic N) is 1. The number of nitrogens with one attached hydrogen (secondary N) is 1. The van der Waals surface area contributed by atoms with Crippen LogP contribution in [-0.4, -0.2) is 29.7 Å². The van der Waals surface area contributed by atoms with Crippen molar-refractivity contribution in [3.8, 4) is 0 Å². The van der Waals surface area contributed by atoms with Crippen LogP contribution < -0.4 is 16.2 Å². The highest BCUT2D eigenvalue weighted by atomic mass is 16.3. The zero-order chi connectivity index (χ0) is 18.9. The van der Waals surface area contributed by atoms with E-state index in [1.165, 1.54) is 19.3 Å². The lowest BCUT2D eigenvalue weighted by atomic mass is 9.84. The van der Waals surface area contributed by atoms with Crippen molar-refractivity contribution in [1.82, 2.24) is 5.43 Å². The average molecular weight is 362 g/mol. The third kappa shape index (κ3) is 6.29. The SMILES string of the molecule is CCC(C)CN(NC(=O)C(O)[C@H](N)CC1CCCCC1)c1ccccc1. The molecule has 3 atom stereocenters. The summed E-state index contributed by atoms with van der Waals surface area (Å²) in [5.41, 5.74) is 9.95.